The van der Waals surface area contributed by atoms with Crippen LogP contribution in [0.4, 0.5) is 11.6 Å². The molecule has 0 bridgehead atoms. The van der Waals surface area contributed by atoms with E-state index in [4.69, 9.17) is 0 Å². The van der Waals surface area contributed by atoms with Crippen LogP contribution in [0, 0.1) is 5.92 Å². The monoisotopic (exact) mass is 470 g/mol. The van der Waals surface area contributed by atoms with Crippen LogP contribution in [0.5, 0.6) is 0 Å². The van der Waals surface area contributed by atoms with Gasteiger partial charge in [0.15, 0.2) is 0 Å². The molecule has 1 aromatic carbocycles. The molecule has 0 amide bonds. The number of aromatic nitrogens is 3. The third kappa shape index (κ3) is 5.33. The quantitative estimate of drug-likeness (QED) is 0.586. The second-order valence-corrected chi connectivity index (χ2v) is 11.7. The molecule has 2 aromatic rings. The molecule has 3 aliphatic rings. The highest BCUT2D eigenvalue weighted by Crippen LogP contribution is 2.39. The molecule has 7 nitrogen and oxygen atoms in total. The zero-order valence-electron chi connectivity index (χ0n) is 20.2. The predicted octanol–water partition coefficient (Wildman–Crippen LogP) is 3.30. The standard InChI is InChI=1S/C25H38N6OS/c1-30-13-10-18(11-14-30)17-31(2)12-5-15-33(32)25-27-24(28-29-25)26-23-21-8-3-6-19(21)16-20-7-4-9-22(20)23/h16,18H,3-15,17H2,1-2H3,(H2,26,27,28,29). The van der Waals surface area contributed by atoms with Crippen molar-refractivity contribution in [1.29, 1.82) is 0 Å². The summed E-state index contributed by atoms with van der Waals surface area (Å²) >= 11 is 0. The van der Waals surface area contributed by atoms with Gasteiger partial charge in [-0.15, -0.1) is 5.10 Å². The summed E-state index contributed by atoms with van der Waals surface area (Å²) in [7, 11) is 3.25. The van der Waals surface area contributed by atoms with Crippen LogP contribution in [-0.2, 0) is 36.5 Å². The first-order chi connectivity index (χ1) is 16.1. The van der Waals surface area contributed by atoms with Gasteiger partial charge in [-0.2, -0.15) is 4.98 Å². The molecule has 33 heavy (non-hydrogen) atoms. The Morgan fingerprint density at radius 3 is 2.55 bits per heavy atom. The van der Waals surface area contributed by atoms with Gasteiger partial charge in [0.25, 0.3) is 0 Å². The van der Waals surface area contributed by atoms with Gasteiger partial charge >= 0.3 is 0 Å². The highest BCUT2D eigenvalue weighted by molar-refractivity contribution is 7.84. The molecule has 2 aliphatic carbocycles. The van der Waals surface area contributed by atoms with Crippen LogP contribution in [0.3, 0.4) is 0 Å². The number of likely N-dealkylation sites (tertiary alicyclic amines) is 1. The first-order valence-corrected chi connectivity index (χ1v) is 14.0. The zero-order chi connectivity index (χ0) is 22.8. The van der Waals surface area contributed by atoms with Gasteiger partial charge in [-0.25, -0.2) is 0 Å². The number of aromatic amines is 1. The predicted molar refractivity (Wildman–Crippen MR) is 134 cm³/mol. The van der Waals surface area contributed by atoms with Gasteiger partial charge in [-0.1, -0.05) is 6.07 Å². The second kappa shape index (κ2) is 10.2. The lowest BCUT2D eigenvalue weighted by Crippen LogP contribution is -2.36. The summed E-state index contributed by atoms with van der Waals surface area (Å²) in [5.41, 5.74) is 7.08. The Labute approximate surface area is 200 Å². The van der Waals surface area contributed by atoms with Crippen molar-refractivity contribution in [2.45, 2.75) is 62.9 Å². The third-order valence-corrected chi connectivity index (χ3v) is 8.94. The van der Waals surface area contributed by atoms with Crippen molar-refractivity contribution >= 4 is 22.4 Å². The minimum absolute atomic E-state index is 0.486. The third-order valence-electron chi connectivity index (χ3n) is 7.67. The smallest absolute Gasteiger partial charge is 0.247 e. The summed E-state index contributed by atoms with van der Waals surface area (Å²) in [6.45, 7) is 4.53. The topological polar surface area (TPSA) is 77.2 Å². The van der Waals surface area contributed by atoms with E-state index in [2.05, 4.69) is 50.5 Å². The van der Waals surface area contributed by atoms with Crippen molar-refractivity contribution < 1.29 is 4.21 Å². The molecule has 0 spiro atoms. The van der Waals surface area contributed by atoms with Crippen LogP contribution in [0.1, 0.15) is 54.4 Å². The molecule has 1 atom stereocenters. The van der Waals surface area contributed by atoms with Gasteiger partial charge in [0, 0.05) is 18.0 Å². The van der Waals surface area contributed by atoms with E-state index < -0.39 is 10.8 Å². The molecule has 1 fully saturated rings. The van der Waals surface area contributed by atoms with Crippen molar-refractivity contribution in [2.75, 3.05) is 51.3 Å². The fourth-order valence-electron chi connectivity index (χ4n) is 5.82. The average molecular weight is 471 g/mol. The van der Waals surface area contributed by atoms with E-state index in [0.717, 1.165) is 38.3 Å². The maximum atomic E-state index is 12.8. The van der Waals surface area contributed by atoms with E-state index in [0.29, 0.717) is 16.9 Å². The van der Waals surface area contributed by atoms with E-state index in [1.165, 1.54) is 79.6 Å². The van der Waals surface area contributed by atoms with Crippen molar-refractivity contribution in [2.24, 2.45) is 5.92 Å². The Kier molecular flexibility index (Phi) is 7.13. The fourth-order valence-corrected chi connectivity index (χ4v) is 6.74. The summed E-state index contributed by atoms with van der Waals surface area (Å²) in [6.07, 6.45) is 10.5. The normalized spacial score (nSPS) is 19.7. The van der Waals surface area contributed by atoms with Crippen LogP contribution in [-0.4, -0.2) is 75.2 Å². The first kappa shape index (κ1) is 23.0. The lowest BCUT2D eigenvalue weighted by atomic mass is 9.97. The van der Waals surface area contributed by atoms with E-state index in [1.807, 2.05) is 0 Å². The number of hydrogen-bond donors (Lipinski definition) is 2. The van der Waals surface area contributed by atoms with Crippen LogP contribution in [0.2, 0.25) is 0 Å². The van der Waals surface area contributed by atoms with Crippen molar-refractivity contribution in [3.8, 4) is 0 Å². The molecule has 1 saturated heterocycles. The van der Waals surface area contributed by atoms with E-state index in [9.17, 15) is 4.21 Å². The highest BCUT2D eigenvalue weighted by Gasteiger charge is 2.25. The summed E-state index contributed by atoms with van der Waals surface area (Å²) in [5, 5.41) is 11.3. The zero-order valence-corrected chi connectivity index (χ0v) is 21.0. The molecule has 1 aliphatic heterocycles. The lowest BCUT2D eigenvalue weighted by molar-refractivity contribution is 0.176. The summed E-state index contributed by atoms with van der Waals surface area (Å²) in [4.78, 5) is 9.37. The number of hydrogen-bond acceptors (Lipinski definition) is 6. The van der Waals surface area contributed by atoms with Gasteiger partial charge in [0.05, 0.1) is 10.8 Å². The Bertz CT molecular complexity index is 965. The molecular weight excluding hydrogens is 432 g/mol. The summed E-state index contributed by atoms with van der Waals surface area (Å²) in [6, 6.07) is 2.43. The van der Waals surface area contributed by atoms with Gasteiger partial charge in [-0.05, 0) is 120 Å². The van der Waals surface area contributed by atoms with Crippen LogP contribution >= 0.6 is 0 Å². The Balaban J connectivity index is 1.14. The number of fused-ring (bicyclic) bond motifs is 2. The Morgan fingerprint density at radius 1 is 1.15 bits per heavy atom. The van der Waals surface area contributed by atoms with Crippen molar-refractivity contribution in [1.82, 2.24) is 25.0 Å². The number of nitrogens with one attached hydrogen (secondary N) is 2. The van der Waals surface area contributed by atoms with E-state index in [-0.39, 0.29) is 0 Å². The van der Waals surface area contributed by atoms with Crippen LogP contribution in [0.15, 0.2) is 11.2 Å². The minimum Gasteiger partial charge on any atom is -0.322 e. The molecule has 1 unspecified atom stereocenters. The summed E-state index contributed by atoms with van der Waals surface area (Å²) in [5.74, 6) is 1.95. The maximum Gasteiger partial charge on any atom is 0.247 e. The van der Waals surface area contributed by atoms with E-state index in [1.54, 1.807) is 0 Å². The molecule has 1 aromatic heterocycles. The molecule has 5 rings (SSSR count). The number of rotatable bonds is 9. The summed E-state index contributed by atoms with van der Waals surface area (Å²) < 4.78 is 12.8. The first-order valence-electron chi connectivity index (χ1n) is 12.7. The van der Waals surface area contributed by atoms with Crippen LogP contribution in [0.25, 0.3) is 0 Å². The highest BCUT2D eigenvalue weighted by atomic mass is 32.2. The minimum atomic E-state index is -1.15. The van der Waals surface area contributed by atoms with Gasteiger partial charge in [0.1, 0.15) is 0 Å². The average Bonchev–Trinajstić information content (AvgIpc) is 3.55. The molecule has 8 heteroatoms. The fraction of sp³-hybridized carbons (Fsp3) is 0.680. The van der Waals surface area contributed by atoms with Gasteiger partial charge in [-0.3, -0.25) is 9.31 Å². The number of H-pyrrole nitrogens is 1. The number of aryl methyl sites for hydroxylation is 2. The number of benzene rings is 1. The van der Waals surface area contributed by atoms with Crippen LogP contribution < -0.4 is 5.32 Å². The second-order valence-electron chi connectivity index (χ2n) is 10.2. The van der Waals surface area contributed by atoms with Crippen molar-refractivity contribution in [3.63, 3.8) is 0 Å². The van der Waals surface area contributed by atoms with Gasteiger partial charge in [0.2, 0.25) is 11.1 Å². The SMILES string of the molecule is CN1CCC(CN(C)CCCS(=O)c2nc(Nc3c4c(cc5c3CCC5)CCC4)n[nH]2)CC1. The largest absolute Gasteiger partial charge is 0.322 e. The Morgan fingerprint density at radius 2 is 1.85 bits per heavy atom. The molecule has 2 N–H and O–H groups in total. The lowest BCUT2D eigenvalue weighted by Gasteiger charge is -2.31. The van der Waals surface area contributed by atoms with Crippen molar-refractivity contribution in [3.05, 3.63) is 28.3 Å². The molecule has 180 valence electrons. The molecular formula is C25H38N6OS. The maximum absolute atomic E-state index is 12.8. The number of piperidine rings is 1. The number of anilines is 2. The number of nitrogens with zero attached hydrogens (tertiary/aromatic N) is 4. The van der Waals surface area contributed by atoms with Gasteiger partial charge < -0.3 is 15.1 Å². The molecule has 0 radical (unpaired) electrons. The Hall–Kier alpha value is -1.77. The molecule has 2 heterocycles. The molecule has 0 saturated carbocycles. The van der Waals surface area contributed by atoms with E-state index >= 15 is 0 Å².